The van der Waals surface area contributed by atoms with Crippen LogP contribution in [0.3, 0.4) is 0 Å². The van der Waals surface area contributed by atoms with Gasteiger partial charge in [0.25, 0.3) is 0 Å². The van der Waals surface area contributed by atoms with Gasteiger partial charge in [-0.25, -0.2) is 9.18 Å². The number of hydrazone groups is 1. The van der Waals surface area contributed by atoms with Crippen molar-refractivity contribution in [1.82, 2.24) is 5.43 Å². The number of nitrogens with zero attached hydrogens (tertiary/aromatic N) is 1. The van der Waals surface area contributed by atoms with Gasteiger partial charge < -0.3 is 10.1 Å². The number of ether oxygens (including phenoxy) is 1. The van der Waals surface area contributed by atoms with E-state index in [2.05, 4.69) is 20.6 Å². The fraction of sp³-hybridized carbons (Fsp3) is 0.0625. The minimum Gasteiger partial charge on any atom is -0.465 e. The summed E-state index contributed by atoms with van der Waals surface area (Å²) in [5.41, 5.74) is 3.80. The van der Waals surface area contributed by atoms with E-state index in [1.165, 1.54) is 25.5 Å². The molecular weight excluding hydrogens is 353 g/mol. The molecule has 0 aliphatic rings. The van der Waals surface area contributed by atoms with E-state index >= 15 is 0 Å². The molecule has 0 aliphatic heterocycles. The first-order valence-corrected chi connectivity index (χ1v) is 7.52. The summed E-state index contributed by atoms with van der Waals surface area (Å²) in [6.07, 6.45) is 1.24. The van der Waals surface area contributed by atoms with Crippen molar-refractivity contribution in [2.75, 3.05) is 12.4 Å². The molecule has 0 radical (unpaired) electrons. The van der Waals surface area contributed by atoms with Crippen molar-refractivity contribution < 1.29 is 13.9 Å². The molecule has 2 aromatic carbocycles. The number of benzene rings is 2. The van der Waals surface area contributed by atoms with Crippen molar-refractivity contribution in [3.05, 3.63) is 64.4 Å². The van der Waals surface area contributed by atoms with Crippen LogP contribution in [-0.4, -0.2) is 24.4 Å². The third-order valence-electron chi connectivity index (χ3n) is 2.92. The van der Waals surface area contributed by atoms with E-state index in [1.807, 2.05) is 0 Å². The summed E-state index contributed by atoms with van der Waals surface area (Å²) >= 11 is 11.0. The molecule has 0 amide bonds. The van der Waals surface area contributed by atoms with Crippen molar-refractivity contribution in [2.45, 2.75) is 0 Å². The van der Waals surface area contributed by atoms with E-state index in [0.29, 0.717) is 11.3 Å². The van der Waals surface area contributed by atoms with E-state index in [1.54, 1.807) is 30.3 Å². The van der Waals surface area contributed by atoms with Gasteiger partial charge in [-0.1, -0.05) is 17.7 Å². The van der Waals surface area contributed by atoms with Crippen LogP contribution < -0.4 is 10.7 Å². The lowest BCUT2D eigenvalue weighted by Gasteiger charge is -2.07. The highest BCUT2D eigenvalue weighted by atomic mass is 35.5. The second-order valence-electron chi connectivity index (χ2n) is 4.53. The molecule has 0 aromatic heterocycles. The van der Waals surface area contributed by atoms with Gasteiger partial charge in [-0.3, -0.25) is 5.43 Å². The van der Waals surface area contributed by atoms with Gasteiger partial charge in [-0.05, 0) is 48.6 Å². The summed E-state index contributed by atoms with van der Waals surface area (Å²) in [6.45, 7) is 0. The maximum Gasteiger partial charge on any atom is 0.337 e. The number of carbonyl (C=O) groups is 1. The molecule has 0 saturated carbocycles. The molecule has 0 heterocycles. The first-order valence-electron chi connectivity index (χ1n) is 6.73. The summed E-state index contributed by atoms with van der Waals surface area (Å²) in [4.78, 5) is 11.3. The molecule has 0 bridgehead atoms. The smallest absolute Gasteiger partial charge is 0.337 e. The van der Waals surface area contributed by atoms with Gasteiger partial charge in [-0.2, -0.15) is 5.10 Å². The number of halogens is 2. The van der Waals surface area contributed by atoms with Crippen LogP contribution in [0.4, 0.5) is 10.1 Å². The van der Waals surface area contributed by atoms with Crippen LogP contribution in [0.2, 0.25) is 5.02 Å². The second kappa shape index (κ2) is 8.37. The zero-order chi connectivity index (χ0) is 17.5. The highest BCUT2D eigenvalue weighted by molar-refractivity contribution is 7.80. The molecule has 0 fully saturated rings. The van der Waals surface area contributed by atoms with Gasteiger partial charge in [0.15, 0.2) is 5.11 Å². The summed E-state index contributed by atoms with van der Waals surface area (Å²) < 4.78 is 18.2. The quantitative estimate of drug-likeness (QED) is 0.375. The monoisotopic (exact) mass is 365 g/mol. The summed E-state index contributed by atoms with van der Waals surface area (Å²) in [6, 6.07) is 10.9. The molecule has 124 valence electrons. The Morgan fingerprint density at radius 3 is 2.62 bits per heavy atom. The molecule has 2 aromatic rings. The number of anilines is 1. The van der Waals surface area contributed by atoms with Gasteiger partial charge in [0, 0.05) is 11.3 Å². The maximum atomic E-state index is 13.6. The topological polar surface area (TPSA) is 62.7 Å². The molecule has 24 heavy (non-hydrogen) atoms. The normalized spacial score (nSPS) is 10.5. The number of hydrogen-bond donors (Lipinski definition) is 2. The molecule has 0 aliphatic carbocycles. The first-order chi connectivity index (χ1) is 11.5. The Morgan fingerprint density at radius 2 is 2.00 bits per heavy atom. The van der Waals surface area contributed by atoms with Crippen LogP contribution in [0.25, 0.3) is 0 Å². The Bertz CT molecular complexity index is 761. The Labute approximate surface area is 148 Å². The average Bonchev–Trinajstić information content (AvgIpc) is 2.57. The molecule has 0 spiro atoms. The van der Waals surface area contributed by atoms with Crippen LogP contribution in [0.15, 0.2) is 47.6 Å². The van der Waals surface area contributed by atoms with Crippen molar-refractivity contribution in [3.63, 3.8) is 0 Å². The van der Waals surface area contributed by atoms with Crippen LogP contribution in [0.1, 0.15) is 15.9 Å². The summed E-state index contributed by atoms with van der Waals surface area (Å²) in [5, 5.41) is 7.16. The van der Waals surface area contributed by atoms with Crippen molar-refractivity contribution in [2.24, 2.45) is 5.10 Å². The second-order valence-corrected chi connectivity index (χ2v) is 5.34. The lowest BCUT2D eigenvalue weighted by molar-refractivity contribution is 0.0601. The fourth-order valence-electron chi connectivity index (χ4n) is 1.76. The predicted octanol–water partition coefficient (Wildman–Crippen LogP) is 3.59. The van der Waals surface area contributed by atoms with Gasteiger partial charge in [0.2, 0.25) is 0 Å². The van der Waals surface area contributed by atoms with Crippen LogP contribution in [0.5, 0.6) is 0 Å². The van der Waals surface area contributed by atoms with Gasteiger partial charge in [0.1, 0.15) is 5.82 Å². The molecule has 5 nitrogen and oxygen atoms in total. The predicted molar refractivity (Wildman–Crippen MR) is 96.1 cm³/mol. The largest absolute Gasteiger partial charge is 0.465 e. The van der Waals surface area contributed by atoms with E-state index in [-0.39, 0.29) is 15.7 Å². The first kappa shape index (κ1) is 17.8. The van der Waals surface area contributed by atoms with E-state index in [9.17, 15) is 9.18 Å². The van der Waals surface area contributed by atoms with Crippen LogP contribution in [0, 0.1) is 5.82 Å². The number of hydrogen-bond acceptors (Lipinski definition) is 4. The lowest BCUT2D eigenvalue weighted by atomic mass is 10.2. The highest BCUT2D eigenvalue weighted by Crippen LogP contribution is 2.16. The van der Waals surface area contributed by atoms with Crippen LogP contribution >= 0.6 is 23.8 Å². The average molecular weight is 366 g/mol. The number of thiocarbonyl (C=S) groups is 1. The van der Waals surface area contributed by atoms with Gasteiger partial charge in [0.05, 0.1) is 23.9 Å². The highest BCUT2D eigenvalue weighted by Gasteiger charge is 2.05. The number of esters is 1. The maximum absolute atomic E-state index is 13.6. The minimum absolute atomic E-state index is 0.164. The molecule has 2 rings (SSSR count). The molecule has 8 heteroatoms. The van der Waals surface area contributed by atoms with E-state index in [4.69, 9.17) is 23.8 Å². The number of rotatable bonds is 4. The lowest BCUT2D eigenvalue weighted by Crippen LogP contribution is -2.23. The minimum atomic E-state index is -0.481. The van der Waals surface area contributed by atoms with E-state index < -0.39 is 11.8 Å². The Hall–Kier alpha value is -2.51. The number of methoxy groups -OCH3 is 1. The number of carbonyl (C=O) groups excluding carboxylic acids is 1. The Kier molecular flexibility index (Phi) is 6.22. The SMILES string of the molecule is COC(=O)c1ccc(NC(=S)N/N=C\c2c(F)cccc2Cl)cc1. The summed E-state index contributed by atoms with van der Waals surface area (Å²) in [5.74, 6) is -0.904. The number of nitrogens with one attached hydrogen (secondary N) is 2. The van der Waals surface area contributed by atoms with Crippen molar-refractivity contribution in [1.29, 1.82) is 0 Å². The molecule has 0 saturated heterocycles. The fourth-order valence-corrected chi connectivity index (χ4v) is 2.14. The van der Waals surface area contributed by atoms with E-state index in [0.717, 1.165) is 0 Å². The zero-order valence-corrected chi connectivity index (χ0v) is 14.1. The molecule has 0 atom stereocenters. The zero-order valence-electron chi connectivity index (χ0n) is 12.5. The summed E-state index contributed by atoms with van der Waals surface area (Å²) in [7, 11) is 1.31. The third-order valence-corrected chi connectivity index (χ3v) is 3.45. The molecular formula is C16H13ClFN3O2S. The Balaban J connectivity index is 1.94. The van der Waals surface area contributed by atoms with Crippen molar-refractivity contribution in [3.8, 4) is 0 Å². The third kappa shape index (κ3) is 4.74. The van der Waals surface area contributed by atoms with Gasteiger partial charge >= 0.3 is 5.97 Å². The standard InChI is InChI=1S/C16H13ClFN3O2S/c1-23-15(22)10-5-7-11(8-6-10)20-16(24)21-19-9-12-13(17)3-2-4-14(12)18/h2-9H,1H3,(H2,20,21,24)/b19-9-. The van der Waals surface area contributed by atoms with Crippen molar-refractivity contribution >= 4 is 46.8 Å². The molecule has 2 N–H and O–H groups in total. The Morgan fingerprint density at radius 1 is 1.29 bits per heavy atom. The molecule has 0 unspecified atom stereocenters. The van der Waals surface area contributed by atoms with Crippen LogP contribution in [-0.2, 0) is 4.74 Å². The van der Waals surface area contributed by atoms with Gasteiger partial charge in [-0.15, -0.1) is 0 Å².